The minimum absolute atomic E-state index is 0.00716. The van der Waals surface area contributed by atoms with Crippen LogP contribution in [0.5, 0.6) is 23.0 Å². The van der Waals surface area contributed by atoms with Crippen molar-refractivity contribution < 1.29 is 33.6 Å². The number of ether oxygens (including phenoxy) is 4. The summed E-state index contributed by atoms with van der Waals surface area (Å²) in [6.45, 7) is 1.26. The number of hydrogen-bond donors (Lipinski definition) is 4. The number of aromatic nitrogens is 6. The highest BCUT2D eigenvalue weighted by molar-refractivity contribution is 9.08. The van der Waals surface area contributed by atoms with E-state index in [4.69, 9.17) is 117 Å². The summed E-state index contributed by atoms with van der Waals surface area (Å²) >= 11 is 51.0. The zero-order valence-electron chi connectivity index (χ0n) is 53.1. The Morgan fingerprint density at radius 3 is 1.38 bits per heavy atom. The van der Waals surface area contributed by atoms with Crippen LogP contribution in [0.15, 0.2) is 250 Å². The molecule has 0 radical (unpaired) electrons. The monoisotopic (exact) mass is 1550 g/mol. The van der Waals surface area contributed by atoms with E-state index in [0.29, 0.717) is 84.6 Å². The van der Waals surface area contributed by atoms with E-state index in [1.54, 1.807) is 56.0 Å². The van der Waals surface area contributed by atoms with Crippen molar-refractivity contribution in [3.8, 4) is 23.0 Å². The Hall–Kier alpha value is -8.87. The molecule has 100 heavy (non-hydrogen) atoms. The average molecular weight is 1560 g/mol. The lowest BCUT2D eigenvalue weighted by atomic mass is 10.0. The molecule has 0 bridgehead atoms. The van der Waals surface area contributed by atoms with Crippen LogP contribution in [0.4, 0.5) is 0 Å². The van der Waals surface area contributed by atoms with Crippen LogP contribution in [-0.2, 0) is 36.3 Å². The minimum atomic E-state index is -0.263. The van der Waals surface area contributed by atoms with E-state index in [9.17, 15) is 9.59 Å². The van der Waals surface area contributed by atoms with E-state index in [-0.39, 0.29) is 16.9 Å². The number of phenolic OH excluding ortho intramolecular Hbond substituents is 1. The molecule has 1 unspecified atom stereocenters. The number of rotatable bonds is 17. The third-order valence-corrected chi connectivity index (χ3v) is 17.5. The maximum Gasteiger partial charge on any atom is 0.150 e. The highest BCUT2D eigenvalue weighted by Gasteiger charge is 2.20. The molecule has 22 heteroatoms. The molecule has 0 aliphatic heterocycles. The summed E-state index contributed by atoms with van der Waals surface area (Å²) in [5, 5.41) is 17.8. The zero-order chi connectivity index (χ0) is 70.8. The maximum atomic E-state index is 10.6. The van der Waals surface area contributed by atoms with Gasteiger partial charge >= 0.3 is 0 Å². The lowest BCUT2D eigenvalue weighted by Gasteiger charge is -2.17. The third kappa shape index (κ3) is 22.6. The Labute approximate surface area is 626 Å². The summed E-state index contributed by atoms with van der Waals surface area (Å²) in [5.41, 5.74) is 12.2. The number of pyridine rings is 3. The van der Waals surface area contributed by atoms with Crippen LogP contribution >= 0.6 is 109 Å². The molecule has 508 valence electrons. The van der Waals surface area contributed by atoms with Crippen LogP contribution in [0.2, 0.25) is 40.2 Å². The van der Waals surface area contributed by atoms with Gasteiger partial charge in [0.15, 0.2) is 0 Å². The van der Waals surface area contributed by atoms with Gasteiger partial charge in [0.05, 0.1) is 20.1 Å². The molecule has 0 aliphatic rings. The number of phenols is 1. The first-order valence-electron chi connectivity index (χ1n) is 30.5. The molecule has 8 aromatic carbocycles. The van der Waals surface area contributed by atoms with E-state index in [1.807, 2.05) is 176 Å². The number of aldehydes is 2. The molecule has 14 rings (SSSR count). The molecule has 6 aromatic heterocycles. The molecule has 0 spiro atoms. The third-order valence-electron chi connectivity index (χ3n) is 14.7. The molecule has 4 N–H and O–H groups in total. The van der Waals surface area contributed by atoms with Crippen LogP contribution in [0.25, 0.3) is 33.1 Å². The van der Waals surface area contributed by atoms with Gasteiger partial charge in [-0.15, -0.1) is 0 Å². The topological polar surface area (TPSA) is 177 Å². The first-order valence-corrected chi connectivity index (χ1v) is 34.6. The summed E-state index contributed by atoms with van der Waals surface area (Å²) < 4.78 is 23.0. The summed E-state index contributed by atoms with van der Waals surface area (Å²) in [4.78, 5) is 42.8. The number of aromatic hydroxyl groups is 1. The molecular weight excluding hydrogens is 1500 g/mol. The number of alkyl halides is 1. The van der Waals surface area contributed by atoms with Crippen molar-refractivity contribution in [2.24, 2.45) is 0 Å². The van der Waals surface area contributed by atoms with Gasteiger partial charge in [0.1, 0.15) is 78.4 Å². The molecule has 6 heterocycles. The van der Waals surface area contributed by atoms with Gasteiger partial charge in [0.25, 0.3) is 0 Å². The average Bonchev–Trinajstić information content (AvgIpc) is 1.58. The molecule has 14 aromatic rings. The SMILES string of the molecule is COC(c1ccc(OCc2ccc(Cl)cc2)c(Cl)c1)c1c[nH]c2ncccc12.Clc1ccc(CBr)cc1.Clc1ccc(COc2ccc(Cc3c[nH]c4ncccc34)cc2Cl)cc1.O=Cc1ccc(O)c(Cl)c1.O=Cc1ccc(OCc2ccc(Cl)cc2)c(Cl)c1.c1cnc2[nH]ccc2c1. The first-order chi connectivity index (χ1) is 48.6. The summed E-state index contributed by atoms with van der Waals surface area (Å²) in [7, 11) is 1.68. The second-order valence-corrected chi connectivity index (χ2v) is 25.6. The number of carbonyl (C=O) groups excluding carboxylic acids is 2. The van der Waals surface area contributed by atoms with Crippen LogP contribution in [0.1, 0.15) is 71.3 Å². The number of H-pyrrole nitrogens is 3. The van der Waals surface area contributed by atoms with E-state index in [1.165, 1.54) is 29.3 Å². The van der Waals surface area contributed by atoms with E-state index in [2.05, 4.69) is 51.9 Å². The standard InChI is InChI=1S/C22H18Cl2N2O2.C21H16Cl2N2O.C14H10Cl2O2.C7H6BrCl.C7H5ClO2.C7H6N2/c1-27-21(18-12-26-22-17(18)3-2-10-25-22)15-6-9-20(19(24)11-15)28-13-14-4-7-16(23)8-5-14;22-17-6-3-14(4-7-17)13-26-20-8-5-15(11-19(20)23)10-16-12-25-21-18(16)2-1-9-24-21;15-12-4-1-10(2-5-12)9-18-14-6-3-11(8-17)7-13(14)16;8-5-6-1-3-7(9)4-2-6;8-6-3-5(4-9)1-2-7(6)10;1-2-6-3-5-9-7(6)8-4-1/h2-12,21H,13H2,1H3,(H,25,26);1-9,11-12H,10,13H2,(H,24,25);1-8H,9H2;1-4H,5H2;1-4,10H;1-5H,(H,8,9). The van der Waals surface area contributed by atoms with Crippen molar-refractivity contribution >= 4 is 154 Å². The Kier molecular flexibility index (Phi) is 29.1. The van der Waals surface area contributed by atoms with Crippen molar-refractivity contribution in [3.05, 3.63) is 345 Å². The molecular formula is C78H61BrCl8N6O7. The molecule has 0 saturated heterocycles. The lowest BCUT2D eigenvalue weighted by molar-refractivity contribution is 0.111. The fourth-order valence-electron chi connectivity index (χ4n) is 9.57. The van der Waals surface area contributed by atoms with Gasteiger partial charge in [-0.2, -0.15) is 0 Å². The number of aromatic amines is 3. The summed E-state index contributed by atoms with van der Waals surface area (Å²) in [6, 6.07) is 65.0. The molecule has 0 amide bonds. The molecule has 1 atom stereocenters. The van der Waals surface area contributed by atoms with Gasteiger partial charge in [-0.05, 0) is 197 Å². The lowest BCUT2D eigenvalue weighted by Crippen LogP contribution is -2.03. The second-order valence-electron chi connectivity index (χ2n) is 21.7. The molecule has 0 aliphatic carbocycles. The van der Waals surface area contributed by atoms with Crippen LogP contribution in [-0.4, -0.2) is 54.7 Å². The number of methoxy groups -OCH3 is 1. The highest BCUT2D eigenvalue weighted by Crippen LogP contribution is 2.36. The number of carbonyl (C=O) groups is 2. The van der Waals surface area contributed by atoms with Gasteiger partial charge in [-0.25, -0.2) is 15.0 Å². The largest absolute Gasteiger partial charge is 0.506 e. The van der Waals surface area contributed by atoms with Gasteiger partial charge in [0.2, 0.25) is 0 Å². The minimum Gasteiger partial charge on any atom is -0.506 e. The van der Waals surface area contributed by atoms with Crippen molar-refractivity contribution in [3.63, 3.8) is 0 Å². The summed E-state index contributed by atoms with van der Waals surface area (Å²) in [6.07, 6.45) is 13.1. The summed E-state index contributed by atoms with van der Waals surface area (Å²) in [5.74, 6) is 1.84. The van der Waals surface area contributed by atoms with Crippen LogP contribution in [0.3, 0.4) is 0 Å². The van der Waals surface area contributed by atoms with Gasteiger partial charge in [-0.1, -0.05) is 169 Å². The van der Waals surface area contributed by atoms with Gasteiger partial charge < -0.3 is 39.0 Å². The van der Waals surface area contributed by atoms with Crippen molar-refractivity contribution in [1.29, 1.82) is 0 Å². The zero-order valence-corrected chi connectivity index (χ0v) is 60.7. The number of hydrogen-bond acceptors (Lipinski definition) is 10. The number of benzene rings is 8. The van der Waals surface area contributed by atoms with Gasteiger partial charge in [-0.3, -0.25) is 9.59 Å². The quantitative estimate of drug-likeness (QED) is 0.0507. The van der Waals surface area contributed by atoms with Crippen LogP contribution < -0.4 is 14.2 Å². The normalized spacial score (nSPS) is 10.8. The number of halogens is 9. The van der Waals surface area contributed by atoms with Gasteiger partial charge in [0, 0.05) is 103 Å². The Morgan fingerprint density at radius 1 is 0.450 bits per heavy atom. The Bertz CT molecular complexity index is 4900. The smallest absolute Gasteiger partial charge is 0.150 e. The van der Waals surface area contributed by atoms with E-state index >= 15 is 0 Å². The number of nitrogens with zero attached hydrogens (tertiary/aromatic N) is 3. The van der Waals surface area contributed by atoms with E-state index in [0.717, 1.165) is 89.5 Å². The second kappa shape index (κ2) is 38.6. The fraction of sp³-hybridized carbons (Fsp3) is 0.0897. The predicted octanol–water partition coefficient (Wildman–Crippen LogP) is 23.3. The van der Waals surface area contributed by atoms with Crippen molar-refractivity contribution in [2.45, 2.75) is 37.7 Å². The Morgan fingerprint density at radius 2 is 0.890 bits per heavy atom. The van der Waals surface area contributed by atoms with E-state index < -0.39 is 0 Å². The highest BCUT2D eigenvalue weighted by atomic mass is 79.9. The fourth-order valence-corrected chi connectivity index (χ4v) is 11.4. The molecule has 0 fully saturated rings. The predicted molar refractivity (Wildman–Crippen MR) is 410 cm³/mol. The molecule has 13 nitrogen and oxygen atoms in total. The number of nitrogens with one attached hydrogen (secondary N) is 3. The maximum absolute atomic E-state index is 10.6. The molecule has 0 saturated carbocycles. The Balaban J connectivity index is 0.000000148. The van der Waals surface area contributed by atoms with Crippen molar-refractivity contribution in [1.82, 2.24) is 29.9 Å². The first kappa shape index (κ1) is 75.3. The number of fused-ring (bicyclic) bond motifs is 3. The van der Waals surface area contributed by atoms with Crippen LogP contribution in [0, 0.1) is 0 Å². The van der Waals surface area contributed by atoms with Crippen molar-refractivity contribution in [2.75, 3.05) is 7.11 Å².